The molecule has 2 heterocycles. The Balaban J connectivity index is 1.70. The fraction of sp³-hybridized carbons (Fsp3) is 0.111. The van der Waals surface area contributed by atoms with Crippen molar-refractivity contribution >= 4 is 46.6 Å². The van der Waals surface area contributed by atoms with Crippen LogP contribution in [0.1, 0.15) is 5.56 Å². The van der Waals surface area contributed by atoms with Gasteiger partial charge >= 0.3 is 0 Å². The van der Waals surface area contributed by atoms with E-state index in [4.69, 9.17) is 38.0 Å². The standard InChI is InChI=1S/C18H13ClN2O4S/c1-23-14-7-10(8-15-16(14)25-9-24-15)6-12-17(22)21(18(26)20-12)13-5-3-2-4-11(13)19/h2-8H,9H2,1H3,(H,20,26)/b12-6-. The lowest BCUT2D eigenvalue weighted by molar-refractivity contribution is -0.113. The van der Waals surface area contributed by atoms with E-state index in [9.17, 15) is 4.79 Å². The second-order valence-electron chi connectivity index (χ2n) is 5.54. The van der Waals surface area contributed by atoms with Crippen LogP contribution in [0.3, 0.4) is 0 Å². The highest BCUT2D eigenvalue weighted by Crippen LogP contribution is 2.42. The number of carbonyl (C=O) groups is 1. The Hall–Kier alpha value is -2.77. The second-order valence-corrected chi connectivity index (χ2v) is 6.33. The number of rotatable bonds is 3. The number of halogens is 1. The predicted molar refractivity (Wildman–Crippen MR) is 102 cm³/mol. The maximum Gasteiger partial charge on any atom is 0.281 e. The number of amides is 1. The third-order valence-electron chi connectivity index (χ3n) is 3.96. The molecule has 26 heavy (non-hydrogen) atoms. The Morgan fingerprint density at radius 2 is 2.12 bits per heavy atom. The Kier molecular flexibility index (Phi) is 4.18. The van der Waals surface area contributed by atoms with Crippen molar-refractivity contribution in [3.63, 3.8) is 0 Å². The molecule has 2 aromatic carbocycles. The molecule has 0 saturated carbocycles. The summed E-state index contributed by atoms with van der Waals surface area (Å²) < 4.78 is 16.1. The van der Waals surface area contributed by atoms with E-state index in [1.54, 1.807) is 49.6 Å². The van der Waals surface area contributed by atoms with Gasteiger partial charge in [-0.3, -0.25) is 9.69 Å². The molecule has 0 radical (unpaired) electrons. The zero-order chi connectivity index (χ0) is 18.3. The molecule has 132 valence electrons. The molecule has 4 rings (SSSR count). The quantitative estimate of drug-likeness (QED) is 0.643. The predicted octanol–water partition coefficient (Wildman–Crippen LogP) is 3.34. The first-order valence-electron chi connectivity index (χ1n) is 7.68. The van der Waals surface area contributed by atoms with Crippen LogP contribution in [0.4, 0.5) is 5.69 Å². The molecule has 1 N–H and O–H groups in total. The fourth-order valence-corrected chi connectivity index (χ4v) is 3.30. The number of methoxy groups -OCH3 is 1. The average Bonchev–Trinajstić information content (AvgIpc) is 3.20. The maximum atomic E-state index is 12.8. The lowest BCUT2D eigenvalue weighted by Crippen LogP contribution is -2.30. The molecule has 6 nitrogen and oxygen atoms in total. The molecule has 0 bridgehead atoms. The van der Waals surface area contributed by atoms with Gasteiger partial charge in [0.25, 0.3) is 5.91 Å². The zero-order valence-electron chi connectivity index (χ0n) is 13.6. The van der Waals surface area contributed by atoms with Crippen LogP contribution in [0, 0.1) is 0 Å². The van der Waals surface area contributed by atoms with E-state index in [1.807, 2.05) is 0 Å². The molecule has 8 heteroatoms. The summed E-state index contributed by atoms with van der Waals surface area (Å²) in [6, 6.07) is 10.6. The number of nitrogens with zero attached hydrogens (tertiary/aromatic N) is 1. The number of hydrogen-bond donors (Lipinski definition) is 1. The molecule has 0 aromatic heterocycles. The minimum atomic E-state index is -0.292. The number of nitrogens with one attached hydrogen (secondary N) is 1. The third kappa shape index (κ3) is 2.75. The molecule has 1 saturated heterocycles. The number of benzene rings is 2. The van der Waals surface area contributed by atoms with Crippen LogP contribution >= 0.6 is 23.8 Å². The number of fused-ring (bicyclic) bond motifs is 1. The van der Waals surface area contributed by atoms with Crippen LogP contribution in [-0.4, -0.2) is 24.9 Å². The number of para-hydroxylation sites is 1. The summed E-state index contributed by atoms with van der Waals surface area (Å²) in [6.45, 7) is 0.132. The summed E-state index contributed by atoms with van der Waals surface area (Å²) in [5.41, 5.74) is 1.57. The Morgan fingerprint density at radius 1 is 1.31 bits per heavy atom. The van der Waals surface area contributed by atoms with Crippen molar-refractivity contribution in [2.45, 2.75) is 0 Å². The summed E-state index contributed by atoms with van der Waals surface area (Å²) in [5.74, 6) is 1.35. The minimum Gasteiger partial charge on any atom is -0.493 e. The van der Waals surface area contributed by atoms with E-state index in [2.05, 4.69) is 5.32 Å². The van der Waals surface area contributed by atoms with Gasteiger partial charge in [-0.25, -0.2) is 0 Å². The van der Waals surface area contributed by atoms with Crippen molar-refractivity contribution < 1.29 is 19.0 Å². The molecular formula is C18H13ClN2O4S. The highest BCUT2D eigenvalue weighted by Gasteiger charge is 2.33. The summed E-state index contributed by atoms with van der Waals surface area (Å²) in [5, 5.41) is 3.64. The van der Waals surface area contributed by atoms with Crippen LogP contribution in [0.15, 0.2) is 42.1 Å². The van der Waals surface area contributed by atoms with Gasteiger partial charge in [0.1, 0.15) is 5.70 Å². The zero-order valence-corrected chi connectivity index (χ0v) is 15.2. The molecule has 1 fully saturated rings. The maximum absolute atomic E-state index is 12.8. The van der Waals surface area contributed by atoms with Crippen LogP contribution < -0.4 is 24.4 Å². The van der Waals surface area contributed by atoms with Gasteiger partial charge in [0.2, 0.25) is 12.5 Å². The largest absolute Gasteiger partial charge is 0.493 e. The van der Waals surface area contributed by atoms with Gasteiger partial charge in [-0.2, -0.15) is 0 Å². The van der Waals surface area contributed by atoms with Gasteiger partial charge in [-0.05, 0) is 48.1 Å². The Bertz CT molecular complexity index is 960. The molecule has 1 amide bonds. The number of hydrogen-bond acceptors (Lipinski definition) is 5. The second kappa shape index (κ2) is 6.51. The van der Waals surface area contributed by atoms with Gasteiger partial charge in [0.15, 0.2) is 16.6 Å². The number of anilines is 1. The number of carbonyl (C=O) groups excluding carboxylic acids is 1. The van der Waals surface area contributed by atoms with E-state index in [1.165, 1.54) is 4.90 Å². The third-order valence-corrected chi connectivity index (χ3v) is 4.57. The molecule has 2 aliphatic heterocycles. The van der Waals surface area contributed by atoms with Crippen LogP contribution in [-0.2, 0) is 4.79 Å². The summed E-state index contributed by atoms with van der Waals surface area (Å²) in [6.07, 6.45) is 1.68. The summed E-state index contributed by atoms with van der Waals surface area (Å²) in [4.78, 5) is 14.2. The average molecular weight is 389 g/mol. The van der Waals surface area contributed by atoms with Crippen molar-refractivity contribution in [2.75, 3.05) is 18.8 Å². The highest BCUT2D eigenvalue weighted by atomic mass is 35.5. The minimum absolute atomic E-state index is 0.132. The fourth-order valence-electron chi connectivity index (χ4n) is 2.79. The van der Waals surface area contributed by atoms with Crippen LogP contribution in [0.25, 0.3) is 6.08 Å². The number of ether oxygens (including phenoxy) is 3. The Morgan fingerprint density at radius 3 is 2.88 bits per heavy atom. The first kappa shape index (κ1) is 16.7. The Labute approximate surface area is 159 Å². The van der Waals surface area contributed by atoms with Crippen molar-refractivity contribution in [1.82, 2.24) is 5.32 Å². The topological polar surface area (TPSA) is 60.0 Å². The highest BCUT2D eigenvalue weighted by molar-refractivity contribution is 7.80. The summed E-state index contributed by atoms with van der Waals surface area (Å²) >= 11 is 11.5. The first-order valence-corrected chi connectivity index (χ1v) is 8.46. The molecular weight excluding hydrogens is 376 g/mol. The van der Waals surface area contributed by atoms with E-state index in [-0.39, 0.29) is 17.8 Å². The molecule has 0 spiro atoms. The first-order chi connectivity index (χ1) is 12.6. The molecule has 0 unspecified atom stereocenters. The smallest absolute Gasteiger partial charge is 0.281 e. The normalized spacial score (nSPS) is 17.0. The van der Waals surface area contributed by atoms with Gasteiger partial charge in [0.05, 0.1) is 17.8 Å². The lowest BCUT2D eigenvalue weighted by Gasteiger charge is -2.15. The van der Waals surface area contributed by atoms with Crippen molar-refractivity contribution in [3.8, 4) is 17.2 Å². The lowest BCUT2D eigenvalue weighted by atomic mass is 10.1. The summed E-state index contributed by atoms with van der Waals surface area (Å²) in [7, 11) is 1.54. The van der Waals surface area contributed by atoms with Gasteiger partial charge < -0.3 is 19.5 Å². The van der Waals surface area contributed by atoms with Crippen LogP contribution in [0.5, 0.6) is 17.2 Å². The van der Waals surface area contributed by atoms with Crippen molar-refractivity contribution in [3.05, 3.63) is 52.7 Å². The van der Waals surface area contributed by atoms with E-state index < -0.39 is 0 Å². The molecule has 2 aliphatic rings. The van der Waals surface area contributed by atoms with Gasteiger partial charge in [-0.1, -0.05) is 23.7 Å². The molecule has 0 aliphatic carbocycles. The van der Waals surface area contributed by atoms with E-state index in [0.29, 0.717) is 39.2 Å². The SMILES string of the molecule is COc1cc(/C=C2\NC(=S)N(c3ccccc3Cl)C2=O)cc2c1OCO2. The van der Waals surface area contributed by atoms with Crippen molar-refractivity contribution in [1.29, 1.82) is 0 Å². The number of thiocarbonyl (C=S) groups is 1. The van der Waals surface area contributed by atoms with Crippen LogP contribution in [0.2, 0.25) is 5.02 Å². The van der Waals surface area contributed by atoms with E-state index in [0.717, 1.165) is 0 Å². The van der Waals surface area contributed by atoms with Crippen molar-refractivity contribution in [2.24, 2.45) is 0 Å². The van der Waals surface area contributed by atoms with Gasteiger partial charge in [0, 0.05) is 0 Å². The van der Waals surface area contributed by atoms with E-state index >= 15 is 0 Å². The molecule has 2 aromatic rings. The molecule has 0 atom stereocenters. The monoisotopic (exact) mass is 388 g/mol. The van der Waals surface area contributed by atoms with Gasteiger partial charge in [-0.15, -0.1) is 0 Å².